The van der Waals surface area contributed by atoms with Crippen LogP contribution in [0.3, 0.4) is 0 Å². The summed E-state index contributed by atoms with van der Waals surface area (Å²) in [6.45, 7) is 1.99. The molecule has 26 heavy (non-hydrogen) atoms. The molecule has 0 aliphatic heterocycles. The van der Waals surface area contributed by atoms with Crippen LogP contribution in [0.25, 0.3) is 0 Å². The van der Waals surface area contributed by atoms with Gasteiger partial charge in [-0.05, 0) is 55.9 Å². The average Bonchev–Trinajstić information content (AvgIpc) is 2.65. The molecule has 4 heteroatoms. The second-order valence-corrected chi connectivity index (χ2v) is 6.70. The zero-order chi connectivity index (χ0) is 18.8. The van der Waals surface area contributed by atoms with E-state index in [1.807, 2.05) is 37.3 Å². The van der Waals surface area contributed by atoms with Gasteiger partial charge in [-0.15, -0.1) is 0 Å². The first-order chi connectivity index (χ1) is 12.6. The summed E-state index contributed by atoms with van der Waals surface area (Å²) >= 11 is 0. The number of unbranched alkanes of at least 4 members (excludes halogenated alkanes) is 1. The molecule has 0 aromatic heterocycles. The third-order valence-corrected chi connectivity index (χ3v) is 4.43. The van der Waals surface area contributed by atoms with Gasteiger partial charge in [0.25, 0.3) is 0 Å². The van der Waals surface area contributed by atoms with Gasteiger partial charge in [0.1, 0.15) is 5.75 Å². The van der Waals surface area contributed by atoms with Crippen molar-refractivity contribution in [3.8, 4) is 5.75 Å². The van der Waals surface area contributed by atoms with E-state index in [4.69, 9.17) is 4.74 Å². The Kier molecular flexibility index (Phi) is 8.16. The molecule has 0 fully saturated rings. The van der Waals surface area contributed by atoms with Crippen molar-refractivity contribution in [2.45, 2.75) is 45.1 Å². The van der Waals surface area contributed by atoms with Gasteiger partial charge in [0.2, 0.25) is 5.91 Å². The summed E-state index contributed by atoms with van der Waals surface area (Å²) in [6, 6.07) is 16.0. The molecule has 1 atom stereocenters. The van der Waals surface area contributed by atoms with Gasteiger partial charge < -0.3 is 15.2 Å². The number of aryl methyl sites for hydroxylation is 2. The van der Waals surface area contributed by atoms with Crippen molar-refractivity contribution in [2.75, 3.05) is 13.7 Å². The van der Waals surface area contributed by atoms with Crippen LogP contribution in [-0.2, 0) is 17.6 Å². The predicted octanol–water partition coefficient (Wildman–Crippen LogP) is 3.44. The van der Waals surface area contributed by atoms with Crippen molar-refractivity contribution in [1.82, 2.24) is 5.32 Å². The number of carbonyl (C=O) groups excluding carboxylic acids is 1. The molecular weight excluding hydrogens is 326 g/mol. The lowest BCUT2D eigenvalue weighted by atomic mass is 10.0. The first kappa shape index (κ1) is 20.0. The maximum Gasteiger partial charge on any atom is 0.220 e. The molecule has 140 valence electrons. The highest BCUT2D eigenvalue weighted by Crippen LogP contribution is 2.13. The molecule has 0 aliphatic carbocycles. The predicted molar refractivity (Wildman–Crippen MR) is 104 cm³/mol. The van der Waals surface area contributed by atoms with Gasteiger partial charge in [-0.2, -0.15) is 0 Å². The van der Waals surface area contributed by atoms with Crippen LogP contribution < -0.4 is 10.1 Å². The Morgan fingerprint density at radius 1 is 1.12 bits per heavy atom. The zero-order valence-electron chi connectivity index (χ0n) is 15.7. The van der Waals surface area contributed by atoms with E-state index < -0.39 is 0 Å². The minimum absolute atomic E-state index is 0.00596. The first-order valence-corrected chi connectivity index (χ1v) is 9.19. The molecule has 1 unspecified atom stereocenters. The van der Waals surface area contributed by atoms with Crippen molar-refractivity contribution >= 4 is 5.91 Å². The van der Waals surface area contributed by atoms with Crippen molar-refractivity contribution < 1.29 is 14.6 Å². The first-order valence-electron chi connectivity index (χ1n) is 9.19. The Balaban J connectivity index is 1.69. The molecule has 0 saturated heterocycles. The quantitative estimate of drug-likeness (QED) is 0.642. The van der Waals surface area contributed by atoms with Gasteiger partial charge in [0, 0.05) is 6.42 Å². The zero-order valence-corrected chi connectivity index (χ0v) is 15.7. The Morgan fingerprint density at radius 2 is 1.88 bits per heavy atom. The molecule has 1 amide bonds. The van der Waals surface area contributed by atoms with Crippen LogP contribution in [-0.4, -0.2) is 30.8 Å². The number of benzene rings is 2. The van der Waals surface area contributed by atoms with Crippen LogP contribution >= 0.6 is 0 Å². The molecule has 4 nitrogen and oxygen atoms in total. The van der Waals surface area contributed by atoms with Gasteiger partial charge in [-0.1, -0.05) is 42.0 Å². The highest BCUT2D eigenvalue weighted by atomic mass is 16.5. The molecule has 0 heterocycles. The maximum absolute atomic E-state index is 12.1. The standard InChI is InChI=1S/C22H29NO3/c1-17-6-5-8-19(14-17)15-20(16-24)23-22(25)9-4-3-7-18-10-12-21(26-2)13-11-18/h5-6,8,10-14,20,24H,3-4,7,9,15-16H2,1-2H3,(H,23,25). The summed E-state index contributed by atoms with van der Waals surface area (Å²) in [7, 11) is 1.66. The minimum Gasteiger partial charge on any atom is -0.497 e. The molecule has 0 saturated carbocycles. The number of hydrogen-bond acceptors (Lipinski definition) is 3. The van der Waals surface area contributed by atoms with Crippen LogP contribution in [0.15, 0.2) is 48.5 Å². The van der Waals surface area contributed by atoms with E-state index in [1.165, 1.54) is 11.1 Å². The highest BCUT2D eigenvalue weighted by Gasteiger charge is 2.12. The maximum atomic E-state index is 12.1. The molecule has 2 aromatic rings. The summed E-state index contributed by atoms with van der Waals surface area (Å²) in [6.07, 6.45) is 3.88. The van der Waals surface area contributed by atoms with Gasteiger partial charge in [0.15, 0.2) is 0 Å². The largest absolute Gasteiger partial charge is 0.497 e. The number of aliphatic hydroxyl groups is 1. The Hall–Kier alpha value is -2.33. The third kappa shape index (κ3) is 6.89. The number of carbonyl (C=O) groups is 1. The minimum atomic E-state index is -0.231. The lowest BCUT2D eigenvalue weighted by molar-refractivity contribution is -0.122. The molecule has 2 aromatic carbocycles. The SMILES string of the molecule is COc1ccc(CCCCC(=O)NC(CO)Cc2cccc(C)c2)cc1. The van der Waals surface area contributed by atoms with E-state index in [2.05, 4.69) is 23.5 Å². The van der Waals surface area contributed by atoms with E-state index in [0.29, 0.717) is 12.8 Å². The normalized spacial score (nSPS) is 11.8. The van der Waals surface area contributed by atoms with Crippen molar-refractivity contribution in [3.05, 3.63) is 65.2 Å². The molecule has 0 aliphatic rings. The fourth-order valence-electron chi connectivity index (χ4n) is 2.99. The van der Waals surface area contributed by atoms with Gasteiger partial charge in [0.05, 0.1) is 19.8 Å². The van der Waals surface area contributed by atoms with Gasteiger partial charge in [-0.25, -0.2) is 0 Å². The van der Waals surface area contributed by atoms with Crippen molar-refractivity contribution in [2.24, 2.45) is 0 Å². The van der Waals surface area contributed by atoms with Crippen molar-refractivity contribution in [1.29, 1.82) is 0 Å². The number of rotatable bonds is 10. The second kappa shape index (κ2) is 10.6. The Labute approximate surface area is 156 Å². The molecule has 0 radical (unpaired) electrons. The lowest BCUT2D eigenvalue weighted by Gasteiger charge is -2.16. The molecule has 2 N–H and O–H groups in total. The summed E-state index contributed by atoms with van der Waals surface area (Å²) in [5.74, 6) is 0.864. The monoisotopic (exact) mass is 355 g/mol. The Bertz CT molecular complexity index is 682. The summed E-state index contributed by atoms with van der Waals surface area (Å²) in [4.78, 5) is 12.1. The molecular formula is C22H29NO3. The van der Waals surface area contributed by atoms with Gasteiger partial charge >= 0.3 is 0 Å². The lowest BCUT2D eigenvalue weighted by Crippen LogP contribution is -2.39. The van der Waals surface area contributed by atoms with Gasteiger partial charge in [-0.3, -0.25) is 4.79 Å². The number of nitrogens with one attached hydrogen (secondary N) is 1. The fraction of sp³-hybridized carbons (Fsp3) is 0.409. The second-order valence-electron chi connectivity index (χ2n) is 6.70. The fourth-order valence-corrected chi connectivity index (χ4v) is 2.99. The smallest absolute Gasteiger partial charge is 0.220 e. The number of methoxy groups -OCH3 is 1. The number of aliphatic hydroxyl groups excluding tert-OH is 1. The molecule has 2 rings (SSSR count). The summed E-state index contributed by atoms with van der Waals surface area (Å²) in [5, 5.41) is 12.5. The van der Waals surface area contributed by atoms with Crippen molar-refractivity contribution in [3.63, 3.8) is 0 Å². The topological polar surface area (TPSA) is 58.6 Å². The van der Waals surface area contributed by atoms with E-state index in [1.54, 1.807) is 7.11 Å². The number of amides is 1. The van der Waals surface area contributed by atoms with E-state index in [0.717, 1.165) is 30.6 Å². The number of ether oxygens (including phenoxy) is 1. The summed E-state index contributed by atoms with van der Waals surface area (Å²) < 4.78 is 5.15. The van der Waals surface area contributed by atoms with Crippen LogP contribution in [0.4, 0.5) is 0 Å². The summed E-state index contributed by atoms with van der Waals surface area (Å²) in [5.41, 5.74) is 3.56. The number of hydrogen-bond donors (Lipinski definition) is 2. The van der Waals surface area contributed by atoms with Crippen LogP contribution in [0, 0.1) is 6.92 Å². The third-order valence-electron chi connectivity index (χ3n) is 4.43. The molecule has 0 spiro atoms. The van der Waals surface area contributed by atoms with E-state index in [-0.39, 0.29) is 18.6 Å². The highest BCUT2D eigenvalue weighted by molar-refractivity contribution is 5.76. The molecule has 0 bridgehead atoms. The van der Waals surface area contributed by atoms with Crippen LogP contribution in [0.1, 0.15) is 36.0 Å². The Morgan fingerprint density at radius 3 is 2.54 bits per heavy atom. The van der Waals surface area contributed by atoms with Crippen LogP contribution in [0.5, 0.6) is 5.75 Å². The average molecular weight is 355 g/mol. The van der Waals surface area contributed by atoms with E-state index in [9.17, 15) is 9.90 Å². The van der Waals surface area contributed by atoms with E-state index >= 15 is 0 Å². The van der Waals surface area contributed by atoms with Crippen LogP contribution in [0.2, 0.25) is 0 Å².